The molecule has 6 nitrogen and oxygen atoms in total. The molecule has 0 bridgehead atoms. The third kappa shape index (κ3) is 4.05. The van der Waals surface area contributed by atoms with Crippen molar-refractivity contribution >= 4 is 44.1 Å². The summed E-state index contributed by atoms with van der Waals surface area (Å²) in [5, 5.41) is 3.84. The summed E-state index contributed by atoms with van der Waals surface area (Å²) in [4.78, 5) is 17.2. The zero-order valence-electron chi connectivity index (χ0n) is 16.5. The van der Waals surface area contributed by atoms with Gasteiger partial charge in [0, 0.05) is 30.2 Å². The molecule has 156 valence electrons. The van der Waals surface area contributed by atoms with Gasteiger partial charge in [-0.15, -0.1) is 0 Å². The molecule has 0 aliphatic carbocycles. The summed E-state index contributed by atoms with van der Waals surface area (Å²) in [6.45, 7) is 2.95. The van der Waals surface area contributed by atoms with Crippen molar-refractivity contribution < 1.29 is 13.2 Å². The molecule has 1 aliphatic rings. The molecule has 1 fully saturated rings. The third-order valence-electron chi connectivity index (χ3n) is 5.31. The number of aromatic nitrogens is 1. The van der Waals surface area contributed by atoms with Crippen LogP contribution in [0.5, 0.6) is 0 Å². The molecule has 1 saturated heterocycles. The summed E-state index contributed by atoms with van der Waals surface area (Å²) in [5.41, 5.74) is 1.44. The lowest BCUT2D eigenvalue weighted by atomic mass is 10.0. The van der Waals surface area contributed by atoms with Gasteiger partial charge < -0.3 is 5.32 Å². The Balaban J connectivity index is 1.65. The van der Waals surface area contributed by atoms with Crippen LogP contribution in [0.25, 0.3) is 10.9 Å². The number of nitrogens with zero attached hydrogens (tertiary/aromatic N) is 2. The van der Waals surface area contributed by atoms with Crippen LogP contribution in [0.1, 0.15) is 30.1 Å². The monoisotopic (exact) mass is 443 g/mol. The number of hydrogen-bond acceptors (Lipinski definition) is 4. The van der Waals surface area contributed by atoms with Crippen LogP contribution in [0, 0.1) is 5.92 Å². The summed E-state index contributed by atoms with van der Waals surface area (Å²) in [5.74, 6) is -0.133. The van der Waals surface area contributed by atoms with Gasteiger partial charge in [-0.2, -0.15) is 4.31 Å². The maximum Gasteiger partial charge on any atom is 0.255 e. The number of carbonyl (C=O) groups excluding carboxylic acids is 1. The first-order chi connectivity index (χ1) is 14.4. The molecule has 1 unspecified atom stereocenters. The van der Waals surface area contributed by atoms with Crippen molar-refractivity contribution in [2.24, 2.45) is 5.92 Å². The van der Waals surface area contributed by atoms with Gasteiger partial charge in [0.25, 0.3) is 5.91 Å². The van der Waals surface area contributed by atoms with Gasteiger partial charge in [0.2, 0.25) is 10.0 Å². The highest BCUT2D eigenvalue weighted by atomic mass is 35.5. The van der Waals surface area contributed by atoms with Crippen molar-refractivity contribution in [3.05, 3.63) is 65.3 Å². The molecule has 2 heterocycles. The fourth-order valence-corrected chi connectivity index (χ4v) is 5.84. The van der Waals surface area contributed by atoms with E-state index < -0.39 is 15.9 Å². The summed E-state index contributed by atoms with van der Waals surface area (Å²) in [7, 11) is -3.78. The van der Waals surface area contributed by atoms with E-state index in [0.29, 0.717) is 24.3 Å². The molecular formula is C22H22ClN3O3S. The van der Waals surface area contributed by atoms with E-state index >= 15 is 0 Å². The van der Waals surface area contributed by atoms with Crippen LogP contribution in [0.15, 0.2) is 59.6 Å². The Kier molecular flexibility index (Phi) is 5.77. The van der Waals surface area contributed by atoms with E-state index in [1.54, 1.807) is 12.3 Å². The summed E-state index contributed by atoms with van der Waals surface area (Å²) in [6.07, 6.45) is 3.47. The van der Waals surface area contributed by atoms with Gasteiger partial charge in [-0.1, -0.05) is 36.7 Å². The van der Waals surface area contributed by atoms with Gasteiger partial charge in [0.05, 0.1) is 16.2 Å². The lowest BCUT2D eigenvalue weighted by Gasteiger charge is -2.30. The van der Waals surface area contributed by atoms with Crippen molar-refractivity contribution in [3.8, 4) is 0 Å². The molecule has 1 atom stereocenters. The van der Waals surface area contributed by atoms with Crippen molar-refractivity contribution in [2.75, 3.05) is 18.4 Å². The standard InChI is InChI=1S/C22H22ClN3O3S/c1-15-5-4-12-26(14-15)30(28,29)20-13-17(9-10-18(20)23)22(27)25-19-8-2-6-16-7-3-11-24-21(16)19/h2-3,6-11,13,15H,4-5,12,14H2,1H3,(H,25,27). The number of fused-ring (bicyclic) bond motifs is 1. The molecular weight excluding hydrogens is 422 g/mol. The van der Waals surface area contributed by atoms with Gasteiger partial charge in [-0.3, -0.25) is 9.78 Å². The average molecular weight is 444 g/mol. The quantitative estimate of drug-likeness (QED) is 0.641. The predicted molar refractivity (Wildman–Crippen MR) is 118 cm³/mol. The van der Waals surface area contributed by atoms with E-state index in [4.69, 9.17) is 11.6 Å². The normalized spacial score (nSPS) is 17.7. The third-order valence-corrected chi connectivity index (χ3v) is 7.66. The Hall–Kier alpha value is -2.48. The number of anilines is 1. The number of piperidine rings is 1. The maximum absolute atomic E-state index is 13.2. The van der Waals surface area contributed by atoms with E-state index in [0.717, 1.165) is 18.2 Å². The van der Waals surface area contributed by atoms with Crippen LogP contribution >= 0.6 is 11.6 Å². The minimum absolute atomic E-state index is 0.0399. The highest BCUT2D eigenvalue weighted by Gasteiger charge is 2.31. The Labute approximate surface area is 180 Å². The van der Waals surface area contributed by atoms with E-state index in [1.807, 2.05) is 31.2 Å². The second kappa shape index (κ2) is 8.34. The van der Waals surface area contributed by atoms with Crippen LogP contribution in [-0.2, 0) is 10.0 Å². The summed E-state index contributed by atoms with van der Waals surface area (Å²) >= 11 is 6.23. The maximum atomic E-state index is 13.2. The lowest BCUT2D eigenvalue weighted by molar-refractivity contribution is 0.102. The molecule has 1 amide bonds. The molecule has 3 aromatic rings. The summed E-state index contributed by atoms with van der Waals surface area (Å²) in [6, 6.07) is 13.6. The number of para-hydroxylation sites is 1. The Morgan fingerprint density at radius 1 is 1.20 bits per heavy atom. The largest absolute Gasteiger partial charge is 0.320 e. The minimum Gasteiger partial charge on any atom is -0.320 e. The topological polar surface area (TPSA) is 79.4 Å². The molecule has 1 aliphatic heterocycles. The van der Waals surface area contributed by atoms with Crippen molar-refractivity contribution in [3.63, 3.8) is 0 Å². The number of nitrogens with one attached hydrogen (secondary N) is 1. The second-order valence-corrected chi connectivity index (χ2v) is 9.90. The van der Waals surface area contributed by atoms with E-state index in [9.17, 15) is 13.2 Å². The molecule has 30 heavy (non-hydrogen) atoms. The fraction of sp³-hybridized carbons (Fsp3) is 0.273. The predicted octanol–water partition coefficient (Wildman–Crippen LogP) is 4.56. The summed E-state index contributed by atoms with van der Waals surface area (Å²) < 4.78 is 27.8. The number of amides is 1. The Morgan fingerprint density at radius 2 is 2.00 bits per heavy atom. The lowest BCUT2D eigenvalue weighted by Crippen LogP contribution is -2.39. The number of hydrogen-bond donors (Lipinski definition) is 1. The van der Waals surface area contributed by atoms with E-state index in [-0.39, 0.29) is 21.4 Å². The number of pyridine rings is 1. The van der Waals surface area contributed by atoms with Crippen molar-refractivity contribution in [1.82, 2.24) is 9.29 Å². The van der Waals surface area contributed by atoms with Crippen molar-refractivity contribution in [1.29, 1.82) is 0 Å². The molecule has 1 aromatic heterocycles. The highest BCUT2D eigenvalue weighted by Crippen LogP contribution is 2.29. The van der Waals surface area contributed by atoms with E-state index in [1.165, 1.54) is 22.5 Å². The first-order valence-electron chi connectivity index (χ1n) is 9.81. The Morgan fingerprint density at radius 3 is 2.80 bits per heavy atom. The number of halogens is 1. The van der Waals surface area contributed by atoms with Crippen LogP contribution in [0.2, 0.25) is 5.02 Å². The van der Waals surface area contributed by atoms with Gasteiger partial charge >= 0.3 is 0 Å². The van der Waals surface area contributed by atoms with Gasteiger partial charge in [0.15, 0.2) is 0 Å². The zero-order valence-corrected chi connectivity index (χ0v) is 18.1. The number of sulfonamides is 1. The van der Waals surface area contributed by atoms with E-state index in [2.05, 4.69) is 10.3 Å². The molecule has 0 spiro atoms. The van der Waals surface area contributed by atoms with Crippen LogP contribution in [0.3, 0.4) is 0 Å². The van der Waals surface area contributed by atoms with Gasteiger partial charge in [0.1, 0.15) is 4.90 Å². The van der Waals surface area contributed by atoms with Gasteiger partial charge in [-0.25, -0.2) is 8.42 Å². The highest BCUT2D eigenvalue weighted by molar-refractivity contribution is 7.89. The van der Waals surface area contributed by atoms with Crippen LogP contribution < -0.4 is 5.32 Å². The number of benzene rings is 2. The molecule has 0 saturated carbocycles. The van der Waals surface area contributed by atoms with Crippen LogP contribution in [-0.4, -0.2) is 36.7 Å². The smallest absolute Gasteiger partial charge is 0.255 e. The second-order valence-electron chi connectivity index (χ2n) is 7.59. The molecule has 8 heteroatoms. The first-order valence-corrected chi connectivity index (χ1v) is 11.6. The molecule has 2 aromatic carbocycles. The average Bonchev–Trinajstić information content (AvgIpc) is 2.74. The minimum atomic E-state index is -3.78. The number of carbonyl (C=O) groups is 1. The first kappa shape index (κ1) is 20.8. The number of rotatable bonds is 4. The molecule has 4 rings (SSSR count). The fourth-order valence-electron chi connectivity index (χ4n) is 3.75. The Bertz CT molecular complexity index is 1210. The SMILES string of the molecule is CC1CCCN(S(=O)(=O)c2cc(C(=O)Nc3cccc4cccnc34)ccc2Cl)C1. The zero-order chi connectivity index (χ0) is 21.3. The van der Waals surface area contributed by atoms with Crippen molar-refractivity contribution in [2.45, 2.75) is 24.7 Å². The van der Waals surface area contributed by atoms with Crippen LogP contribution in [0.4, 0.5) is 5.69 Å². The van der Waals surface area contributed by atoms with Gasteiger partial charge in [-0.05, 0) is 49.1 Å². The molecule has 1 N–H and O–H groups in total. The molecule has 0 radical (unpaired) electrons.